The van der Waals surface area contributed by atoms with E-state index in [1.165, 1.54) is 24.3 Å². The van der Waals surface area contributed by atoms with Gasteiger partial charge in [0, 0.05) is 5.56 Å². The van der Waals surface area contributed by atoms with Crippen molar-refractivity contribution in [2.24, 2.45) is 0 Å². The maximum absolute atomic E-state index is 12.0. The number of carbonyl (C=O) groups is 2. The predicted molar refractivity (Wildman–Crippen MR) is 109 cm³/mol. The third-order valence-corrected chi connectivity index (χ3v) is 4.16. The van der Waals surface area contributed by atoms with E-state index < -0.39 is 11.8 Å². The molecule has 0 spiro atoms. The highest BCUT2D eigenvalue weighted by Gasteiger charge is 2.08. The Morgan fingerprint density at radius 1 is 0.733 bits per heavy atom. The van der Waals surface area contributed by atoms with Crippen molar-refractivity contribution in [3.63, 3.8) is 0 Å². The Morgan fingerprint density at radius 2 is 1.23 bits per heavy atom. The van der Waals surface area contributed by atoms with Gasteiger partial charge in [-0.15, -0.1) is 0 Å². The van der Waals surface area contributed by atoms with Crippen molar-refractivity contribution in [2.75, 3.05) is 6.61 Å². The number of nitrogens with one attached hydrogen (secondary N) is 2. The van der Waals surface area contributed by atoms with Crippen molar-refractivity contribution in [1.29, 1.82) is 10.5 Å². The average Bonchev–Trinajstić information content (AvgIpc) is 2.81. The van der Waals surface area contributed by atoms with Gasteiger partial charge in [0.25, 0.3) is 11.8 Å². The van der Waals surface area contributed by atoms with E-state index in [1.807, 2.05) is 30.3 Å². The second kappa shape index (κ2) is 9.54. The number of hydrazine groups is 1. The van der Waals surface area contributed by atoms with Crippen molar-refractivity contribution < 1.29 is 14.3 Å². The number of hydrogen-bond acceptors (Lipinski definition) is 5. The number of nitrogens with zero attached hydrogens (tertiary/aromatic N) is 2. The summed E-state index contributed by atoms with van der Waals surface area (Å²) in [4.78, 5) is 23.8. The molecule has 2 N–H and O–H groups in total. The van der Waals surface area contributed by atoms with Crippen LogP contribution in [0.3, 0.4) is 0 Å². The average molecular weight is 396 g/mol. The number of hydrogen-bond donors (Lipinski definition) is 2. The normalized spacial score (nSPS) is 9.67. The minimum absolute atomic E-state index is 0.274. The molecule has 0 aliphatic heterocycles. The minimum atomic E-state index is -0.520. The summed E-state index contributed by atoms with van der Waals surface area (Å²) in [5.41, 5.74) is 7.82. The van der Waals surface area contributed by atoms with Crippen molar-refractivity contribution in [3.05, 3.63) is 89.5 Å². The van der Waals surface area contributed by atoms with Crippen molar-refractivity contribution >= 4 is 11.8 Å². The lowest BCUT2D eigenvalue weighted by Crippen LogP contribution is -2.43. The highest BCUT2D eigenvalue weighted by molar-refractivity contribution is 5.95. The van der Waals surface area contributed by atoms with E-state index in [0.717, 1.165) is 11.1 Å². The summed E-state index contributed by atoms with van der Waals surface area (Å²) < 4.78 is 5.42. The van der Waals surface area contributed by atoms with E-state index in [9.17, 15) is 9.59 Å². The lowest BCUT2D eigenvalue weighted by Gasteiger charge is -2.09. The van der Waals surface area contributed by atoms with Gasteiger partial charge in [0.15, 0.2) is 6.61 Å². The minimum Gasteiger partial charge on any atom is -0.484 e. The van der Waals surface area contributed by atoms with Gasteiger partial charge in [-0.2, -0.15) is 10.5 Å². The van der Waals surface area contributed by atoms with Crippen LogP contribution in [0.4, 0.5) is 0 Å². The molecule has 3 aromatic rings. The number of nitriles is 2. The number of carbonyl (C=O) groups excluding carboxylic acids is 2. The first kappa shape index (κ1) is 20.1. The fourth-order valence-corrected chi connectivity index (χ4v) is 2.56. The van der Waals surface area contributed by atoms with Crippen LogP contribution >= 0.6 is 0 Å². The quantitative estimate of drug-likeness (QED) is 0.644. The molecule has 3 aromatic carbocycles. The monoisotopic (exact) mass is 396 g/mol. The van der Waals surface area contributed by atoms with Crippen LogP contribution in [0, 0.1) is 22.7 Å². The molecule has 0 heterocycles. The largest absolute Gasteiger partial charge is 0.484 e. The second-order valence-electron chi connectivity index (χ2n) is 6.19. The molecule has 7 nitrogen and oxygen atoms in total. The Morgan fingerprint density at radius 3 is 1.77 bits per heavy atom. The number of rotatable bonds is 5. The first-order chi connectivity index (χ1) is 14.6. The lowest BCUT2D eigenvalue weighted by atomic mass is 10.0. The predicted octanol–water partition coefficient (Wildman–Crippen LogP) is 2.94. The summed E-state index contributed by atoms with van der Waals surface area (Å²) in [5, 5.41) is 17.6. The Hall–Kier alpha value is -4.62. The van der Waals surface area contributed by atoms with E-state index >= 15 is 0 Å². The first-order valence-electron chi connectivity index (χ1n) is 8.92. The third-order valence-electron chi connectivity index (χ3n) is 4.16. The zero-order valence-corrected chi connectivity index (χ0v) is 15.8. The smallest absolute Gasteiger partial charge is 0.276 e. The van der Waals surface area contributed by atoms with Crippen LogP contribution in [-0.4, -0.2) is 18.4 Å². The van der Waals surface area contributed by atoms with E-state index in [0.29, 0.717) is 22.4 Å². The maximum Gasteiger partial charge on any atom is 0.276 e. The zero-order valence-electron chi connectivity index (χ0n) is 15.8. The van der Waals surface area contributed by atoms with Crippen molar-refractivity contribution in [3.8, 4) is 29.0 Å². The number of ether oxygens (including phenoxy) is 1. The van der Waals surface area contributed by atoms with Crippen LogP contribution < -0.4 is 15.6 Å². The van der Waals surface area contributed by atoms with Gasteiger partial charge >= 0.3 is 0 Å². The lowest BCUT2D eigenvalue weighted by molar-refractivity contribution is -0.123. The number of benzene rings is 3. The summed E-state index contributed by atoms with van der Waals surface area (Å²) in [6.07, 6.45) is 0. The molecule has 30 heavy (non-hydrogen) atoms. The summed E-state index contributed by atoms with van der Waals surface area (Å²) >= 11 is 0. The Labute approximate surface area is 173 Å². The van der Waals surface area contributed by atoms with Gasteiger partial charge in [0.2, 0.25) is 0 Å². The molecule has 7 heteroatoms. The first-order valence-corrected chi connectivity index (χ1v) is 8.92. The summed E-state index contributed by atoms with van der Waals surface area (Å²) in [6.45, 7) is -0.274. The van der Waals surface area contributed by atoms with Crippen molar-refractivity contribution in [2.45, 2.75) is 0 Å². The molecule has 3 rings (SSSR count). The van der Waals surface area contributed by atoms with Gasteiger partial charge in [0.1, 0.15) is 5.75 Å². The standard InChI is InChI=1S/C23H16N4O3/c24-13-16-1-5-18(6-2-16)19-9-11-21(12-10-19)30-15-22(28)26-27-23(29)20-7-3-17(14-25)4-8-20/h1-12H,15H2,(H,26,28)(H,27,29). The Kier molecular flexibility index (Phi) is 6.40. The van der Waals surface area contributed by atoms with Gasteiger partial charge < -0.3 is 4.74 Å². The van der Waals surface area contributed by atoms with Gasteiger partial charge in [-0.25, -0.2) is 0 Å². The fourth-order valence-electron chi connectivity index (χ4n) is 2.56. The molecule has 0 unspecified atom stereocenters. The van der Waals surface area contributed by atoms with E-state index in [-0.39, 0.29) is 6.61 Å². The molecule has 0 aliphatic rings. The molecule has 146 valence electrons. The van der Waals surface area contributed by atoms with Crippen molar-refractivity contribution in [1.82, 2.24) is 10.9 Å². The molecule has 0 aromatic heterocycles. The molecular weight excluding hydrogens is 380 g/mol. The second-order valence-corrected chi connectivity index (χ2v) is 6.19. The van der Waals surface area contributed by atoms with E-state index in [4.69, 9.17) is 15.3 Å². The molecule has 0 saturated carbocycles. The van der Waals surface area contributed by atoms with Crippen LogP contribution in [0.2, 0.25) is 0 Å². The molecular formula is C23H16N4O3. The fraction of sp³-hybridized carbons (Fsp3) is 0.0435. The SMILES string of the molecule is N#Cc1ccc(C(=O)NNC(=O)COc2ccc(-c3ccc(C#N)cc3)cc2)cc1. The van der Waals surface area contributed by atoms with Crippen LogP contribution in [-0.2, 0) is 4.79 Å². The summed E-state index contributed by atoms with van der Waals surface area (Å²) in [7, 11) is 0. The maximum atomic E-state index is 12.0. The zero-order chi connectivity index (χ0) is 21.3. The molecule has 0 atom stereocenters. The third kappa shape index (κ3) is 5.22. The van der Waals surface area contributed by atoms with Crippen LogP contribution in [0.25, 0.3) is 11.1 Å². The topological polar surface area (TPSA) is 115 Å². The Balaban J connectivity index is 1.47. The molecule has 2 amide bonds. The molecule has 0 bridgehead atoms. The van der Waals surface area contributed by atoms with E-state index in [1.54, 1.807) is 24.3 Å². The highest BCUT2D eigenvalue weighted by Crippen LogP contribution is 2.22. The van der Waals surface area contributed by atoms with Gasteiger partial charge in [-0.1, -0.05) is 24.3 Å². The Bertz CT molecular complexity index is 1120. The van der Waals surface area contributed by atoms with Gasteiger partial charge in [-0.05, 0) is 59.7 Å². The van der Waals surface area contributed by atoms with Gasteiger partial charge in [-0.3, -0.25) is 20.4 Å². The van der Waals surface area contributed by atoms with Crippen LogP contribution in [0.15, 0.2) is 72.8 Å². The van der Waals surface area contributed by atoms with Crippen LogP contribution in [0.1, 0.15) is 21.5 Å². The highest BCUT2D eigenvalue weighted by atomic mass is 16.5. The number of amides is 2. The molecule has 0 radical (unpaired) electrons. The molecule has 0 aliphatic carbocycles. The van der Waals surface area contributed by atoms with Crippen LogP contribution in [0.5, 0.6) is 5.75 Å². The molecule has 0 saturated heterocycles. The summed E-state index contributed by atoms with van der Waals surface area (Å²) in [5.74, 6) is -0.520. The summed E-state index contributed by atoms with van der Waals surface area (Å²) in [6, 6.07) is 24.4. The van der Waals surface area contributed by atoms with E-state index in [2.05, 4.69) is 16.9 Å². The molecule has 0 fully saturated rings. The van der Waals surface area contributed by atoms with Gasteiger partial charge in [0.05, 0.1) is 23.3 Å².